The van der Waals surface area contributed by atoms with Crippen molar-refractivity contribution >= 4 is 32.9 Å². The third-order valence-electron chi connectivity index (χ3n) is 4.92. The molecule has 0 aliphatic carbocycles. The molecule has 1 amide bonds. The second-order valence-corrected chi connectivity index (χ2v) is 7.86. The second kappa shape index (κ2) is 8.63. The number of fused-ring (bicyclic) bond motifs is 1. The molecule has 1 aliphatic rings. The number of halogens is 3. The van der Waals surface area contributed by atoms with Crippen molar-refractivity contribution < 1.29 is 27.5 Å². The Labute approximate surface area is 179 Å². The molecule has 0 unspecified atom stereocenters. The van der Waals surface area contributed by atoms with Gasteiger partial charge in [-0.1, -0.05) is 29.5 Å². The third-order valence-corrected chi connectivity index (χ3v) is 5.79. The predicted octanol–water partition coefficient (Wildman–Crippen LogP) is 4.46. The number of nitrogens with one attached hydrogen (secondary N) is 1. The number of piperidine rings is 1. The van der Waals surface area contributed by atoms with Gasteiger partial charge >= 0.3 is 12.3 Å². The highest BCUT2D eigenvalue weighted by Gasteiger charge is 2.31. The molecule has 12 heteroatoms. The largest absolute Gasteiger partial charge is 0.479 e. The van der Waals surface area contributed by atoms with Gasteiger partial charge in [-0.05, 0) is 30.4 Å². The van der Waals surface area contributed by atoms with Crippen LogP contribution in [0.2, 0.25) is 0 Å². The second-order valence-electron chi connectivity index (χ2n) is 6.89. The summed E-state index contributed by atoms with van der Waals surface area (Å²) in [5.41, 5.74) is 0.427. The number of carbonyl (C=O) groups excluding carboxylic acids is 1. The Kier molecular flexibility index (Phi) is 5.92. The average molecular weight is 453 g/mol. The molecule has 164 valence electrons. The van der Waals surface area contributed by atoms with Gasteiger partial charge in [-0.2, -0.15) is 18.2 Å². The van der Waals surface area contributed by atoms with Gasteiger partial charge in [0.2, 0.25) is 5.88 Å². The molecule has 0 bridgehead atoms. The van der Waals surface area contributed by atoms with Crippen LogP contribution < -0.4 is 10.1 Å². The molecule has 8 nitrogen and oxygen atoms in total. The quantitative estimate of drug-likeness (QED) is 0.624. The summed E-state index contributed by atoms with van der Waals surface area (Å²) in [4.78, 5) is 30.4. The molecule has 1 fully saturated rings. The highest BCUT2D eigenvalue weighted by atomic mass is 32.1. The van der Waals surface area contributed by atoms with Crippen molar-refractivity contribution in [3.05, 3.63) is 41.7 Å². The molecule has 4 rings (SSSR count). The molecule has 1 aliphatic heterocycles. The van der Waals surface area contributed by atoms with Crippen LogP contribution in [0.3, 0.4) is 0 Å². The van der Waals surface area contributed by atoms with E-state index in [0.717, 1.165) is 17.4 Å². The van der Waals surface area contributed by atoms with E-state index in [0.29, 0.717) is 47.7 Å². The van der Waals surface area contributed by atoms with E-state index in [4.69, 9.17) is 9.57 Å². The fourth-order valence-electron chi connectivity index (χ4n) is 3.41. The van der Waals surface area contributed by atoms with E-state index in [1.54, 1.807) is 6.07 Å². The number of thiazole rings is 1. The number of rotatable bonds is 4. The van der Waals surface area contributed by atoms with Gasteiger partial charge in [0.25, 0.3) is 0 Å². The van der Waals surface area contributed by atoms with Crippen molar-refractivity contribution in [3.8, 4) is 5.88 Å². The minimum absolute atomic E-state index is 0.0273. The first-order valence-corrected chi connectivity index (χ1v) is 10.2. The smallest absolute Gasteiger partial charge is 0.432 e. The van der Waals surface area contributed by atoms with E-state index in [2.05, 4.69) is 20.3 Å². The first-order chi connectivity index (χ1) is 14.8. The van der Waals surface area contributed by atoms with Gasteiger partial charge in [-0.25, -0.2) is 14.8 Å². The monoisotopic (exact) mass is 453 g/mol. The number of anilines is 1. The average Bonchev–Trinajstić information content (AvgIpc) is 3.16. The normalized spacial score (nSPS) is 15.7. The number of benzene rings is 1. The Morgan fingerprint density at radius 3 is 2.74 bits per heavy atom. The molecule has 1 N–H and O–H groups in total. The number of nitrogens with zero attached hydrogens (tertiary/aromatic N) is 4. The van der Waals surface area contributed by atoms with Crippen molar-refractivity contribution in [2.24, 2.45) is 0 Å². The maximum absolute atomic E-state index is 12.9. The molecule has 1 saturated heterocycles. The summed E-state index contributed by atoms with van der Waals surface area (Å²) in [6.45, 7) is 0.820. The minimum Gasteiger partial charge on any atom is -0.479 e. The molecule has 0 saturated carbocycles. The number of methoxy groups -OCH3 is 1. The standard InChI is InChI=1S/C19H18F3N5O3S/c1-29-15-14-16(24-10-23-15)31-17(25-14)26-18(28)30-27-7-5-11(6-8-27)12-3-2-4-13(9-12)19(20,21)22/h2-4,9-11H,5-8H2,1H3,(H,25,26,28). The zero-order chi connectivity index (χ0) is 22.0. The van der Waals surface area contributed by atoms with Gasteiger partial charge in [0.05, 0.1) is 12.7 Å². The molecule has 31 heavy (non-hydrogen) atoms. The Balaban J connectivity index is 1.32. The van der Waals surface area contributed by atoms with Crippen LogP contribution in [0.4, 0.5) is 23.1 Å². The lowest BCUT2D eigenvalue weighted by molar-refractivity contribution is -0.137. The van der Waals surface area contributed by atoms with Crippen molar-refractivity contribution in [3.63, 3.8) is 0 Å². The van der Waals surface area contributed by atoms with Crippen LogP contribution in [0.5, 0.6) is 5.88 Å². The van der Waals surface area contributed by atoms with Crippen molar-refractivity contribution in [1.82, 2.24) is 20.0 Å². The molecule has 3 heterocycles. The summed E-state index contributed by atoms with van der Waals surface area (Å²) in [5, 5.41) is 4.34. The summed E-state index contributed by atoms with van der Waals surface area (Å²) < 4.78 is 43.9. The van der Waals surface area contributed by atoms with E-state index >= 15 is 0 Å². The summed E-state index contributed by atoms with van der Waals surface area (Å²) >= 11 is 1.15. The van der Waals surface area contributed by atoms with Crippen molar-refractivity contribution in [1.29, 1.82) is 0 Å². The number of hydrogen-bond acceptors (Lipinski definition) is 8. The first-order valence-electron chi connectivity index (χ1n) is 9.40. The molecule has 1 aromatic carbocycles. The predicted molar refractivity (Wildman–Crippen MR) is 107 cm³/mol. The molecule has 3 aromatic rings. The lowest BCUT2D eigenvalue weighted by Gasteiger charge is -2.30. The minimum atomic E-state index is -4.37. The summed E-state index contributed by atoms with van der Waals surface area (Å²) in [6.07, 6.45) is -2.58. The van der Waals surface area contributed by atoms with Gasteiger partial charge in [0.1, 0.15) is 6.33 Å². The third kappa shape index (κ3) is 4.85. The summed E-state index contributed by atoms with van der Waals surface area (Å²) in [6, 6.07) is 5.38. The molecule has 0 atom stereocenters. The SMILES string of the molecule is COc1ncnc2sc(NC(=O)ON3CCC(c4cccc(C(F)(F)F)c4)CC3)nc12. The van der Waals surface area contributed by atoms with Crippen LogP contribution in [0, 0.1) is 0 Å². The Morgan fingerprint density at radius 1 is 1.26 bits per heavy atom. The Hall–Kier alpha value is -2.99. The maximum Gasteiger partial charge on any atom is 0.432 e. The van der Waals surface area contributed by atoms with Crippen LogP contribution >= 0.6 is 11.3 Å². The maximum atomic E-state index is 12.9. The fourth-order valence-corrected chi connectivity index (χ4v) is 4.20. The van der Waals surface area contributed by atoms with Crippen LogP contribution in [0.1, 0.15) is 29.9 Å². The highest BCUT2D eigenvalue weighted by Crippen LogP contribution is 2.34. The number of amides is 1. The van der Waals surface area contributed by atoms with E-state index in [1.807, 2.05) is 0 Å². The Bertz CT molecular complexity index is 1080. The topological polar surface area (TPSA) is 89.5 Å². The van der Waals surface area contributed by atoms with Crippen LogP contribution in [-0.4, -0.2) is 46.3 Å². The van der Waals surface area contributed by atoms with E-state index in [-0.39, 0.29) is 11.0 Å². The van der Waals surface area contributed by atoms with Gasteiger partial charge in [0, 0.05) is 13.1 Å². The lowest BCUT2D eigenvalue weighted by atomic mass is 9.89. The van der Waals surface area contributed by atoms with Crippen LogP contribution in [-0.2, 0) is 11.0 Å². The highest BCUT2D eigenvalue weighted by molar-refractivity contribution is 7.22. The van der Waals surface area contributed by atoms with E-state index in [1.165, 1.54) is 30.6 Å². The van der Waals surface area contributed by atoms with Crippen LogP contribution in [0.15, 0.2) is 30.6 Å². The molecule has 0 spiro atoms. The number of hydrogen-bond donors (Lipinski definition) is 1. The molecule has 2 aromatic heterocycles. The van der Waals surface area contributed by atoms with E-state index < -0.39 is 17.8 Å². The van der Waals surface area contributed by atoms with E-state index in [9.17, 15) is 18.0 Å². The summed E-state index contributed by atoms with van der Waals surface area (Å²) in [5.74, 6) is 0.278. The number of carbonyl (C=O) groups is 1. The lowest BCUT2D eigenvalue weighted by Crippen LogP contribution is -2.36. The van der Waals surface area contributed by atoms with Crippen molar-refractivity contribution in [2.45, 2.75) is 24.9 Å². The summed E-state index contributed by atoms with van der Waals surface area (Å²) in [7, 11) is 1.46. The van der Waals surface area contributed by atoms with Gasteiger partial charge in [-0.15, -0.1) is 5.06 Å². The first kappa shape index (κ1) is 21.2. The number of alkyl halides is 3. The molecule has 0 radical (unpaired) electrons. The number of aromatic nitrogens is 3. The fraction of sp³-hybridized carbons (Fsp3) is 0.368. The van der Waals surface area contributed by atoms with Gasteiger partial charge in [-0.3, -0.25) is 5.32 Å². The Morgan fingerprint density at radius 2 is 2.03 bits per heavy atom. The molecular formula is C19H18F3N5O3S. The van der Waals surface area contributed by atoms with Crippen molar-refractivity contribution in [2.75, 3.05) is 25.5 Å². The number of hydroxylamine groups is 2. The zero-order valence-corrected chi connectivity index (χ0v) is 17.2. The van der Waals surface area contributed by atoms with Crippen LogP contribution in [0.25, 0.3) is 10.3 Å². The number of ether oxygens (including phenoxy) is 1. The zero-order valence-electron chi connectivity index (χ0n) is 16.3. The molecular weight excluding hydrogens is 435 g/mol. The van der Waals surface area contributed by atoms with Gasteiger partial charge < -0.3 is 9.57 Å². The van der Waals surface area contributed by atoms with Gasteiger partial charge in [0.15, 0.2) is 15.5 Å².